The number of carbonyl (C=O) groups excluding carboxylic acids is 2. The summed E-state index contributed by atoms with van der Waals surface area (Å²) in [5.41, 5.74) is 4.65. The van der Waals surface area contributed by atoms with E-state index in [1.54, 1.807) is 12.3 Å². The van der Waals surface area contributed by atoms with Gasteiger partial charge in [-0.1, -0.05) is 12.1 Å². The monoisotopic (exact) mass is 448 g/mol. The molecule has 1 N–H and O–H groups in total. The second kappa shape index (κ2) is 8.35. The molecule has 6 nitrogen and oxygen atoms in total. The zero-order valence-electron chi connectivity index (χ0n) is 18.1. The predicted molar refractivity (Wildman–Crippen MR) is 118 cm³/mol. The number of hydrogen-bond donors (Lipinski definition) is 1. The van der Waals surface area contributed by atoms with Crippen LogP contribution in [0.3, 0.4) is 0 Å². The highest BCUT2D eigenvalue weighted by Gasteiger charge is 2.29. The Bertz CT molecular complexity index is 1260. The van der Waals surface area contributed by atoms with Crippen molar-refractivity contribution in [3.8, 4) is 0 Å². The Morgan fingerprint density at radius 1 is 1.15 bits per heavy atom. The van der Waals surface area contributed by atoms with Gasteiger partial charge in [-0.25, -0.2) is 13.8 Å². The van der Waals surface area contributed by atoms with E-state index in [1.807, 2.05) is 25.1 Å². The largest absolute Gasteiger partial charge is 0.348 e. The van der Waals surface area contributed by atoms with Crippen LogP contribution in [0.25, 0.3) is 0 Å². The van der Waals surface area contributed by atoms with Crippen LogP contribution in [0.1, 0.15) is 55.9 Å². The number of pyridine rings is 2. The molecule has 1 aromatic carbocycles. The molecule has 1 fully saturated rings. The molecule has 0 atom stereocenters. The van der Waals surface area contributed by atoms with Crippen LogP contribution in [0.5, 0.6) is 0 Å². The van der Waals surface area contributed by atoms with Gasteiger partial charge in [0.15, 0.2) is 11.6 Å². The Morgan fingerprint density at radius 3 is 2.67 bits per heavy atom. The predicted octanol–water partition coefficient (Wildman–Crippen LogP) is 3.75. The molecule has 8 heteroatoms. The second-order valence-corrected chi connectivity index (χ2v) is 8.58. The number of hydrogen-bond acceptors (Lipinski definition) is 4. The first-order chi connectivity index (χ1) is 15.9. The summed E-state index contributed by atoms with van der Waals surface area (Å²) in [5, 5.41) is 2.92. The number of halogens is 2. The molecule has 2 amide bonds. The van der Waals surface area contributed by atoms with Gasteiger partial charge in [-0.2, -0.15) is 0 Å². The summed E-state index contributed by atoms with van der Waals surface area (Å²) >= 11 is 0. The van der Waals surface area contributed by atoms with E-state index >= 15 is 0 Å². The molecule has 3 heterocycles. The lowest BCUT2D eigenvalue weighted by atomic mass is 9.91. The van der Waals surface area contributed by atoms with Crippen molar-refractivity contribution in [3.05, 3.63) is 87.9 Å². The topological polar surface area (TPSA) is 75.2 Å². The van der Waals surface area contributed by atoms with Crippen LogP contribution in [-0.2, 0) is 12.8 Å². The number of amides is 2. The number of rotatable bonds is 5. The number of anilines is 1. The zero-order chi connectivity index (χ0) is 23.1. The molecule has 5 rings (SSSR count). The quantitative estimate of drug-likeness (QED) is 0.645. The summed E-state index contributed by atoms with van der Waals surface area (Å²) in [5.74, 6) is -2.35. The molecule has 0 saturated heterocycles. The lowest BCUT2D eigenvalue weighted by Crippen LogP contribution is -2.39. The summed E-state index contributed by atoms with van der Waals surface area (Å²) < 4.78 is 27.5. The number of benzene rings is 1. The van der Waals surface area contributed by atoms with E-state index in [-0.39, 0.29) is 30.2 Å². The summed E-state index contributed by atoms with van der Waals surface area (Å²) in [6, 6.07) is 8.38. The average molecular weight is 448 g/mol. The Morgan fingerprint density at radius 2 is 1.97 bits per heavy atom. The van der Waals surface area contributed by atoms with Crippen molar-refractivity contribution in [1.82, 2.24) is 15.3 Å². The number of carbonyl (C=O) groups is 2. The molecule has 3 aromatic rings. The highest BCUT2D eigenvalue weighted by Crippen LogP contribution is 2.28. The molecule has 0 radical (unpaired) electrons. The van der Waals surface area contributed by atoms with Crippen molar-refractivity contribution in [1.29, 1.82) is 0 Å². The molecular formula is C25H22F2N4O2. The molecule has 0 unspecified atom stereocenters. The van der Waals surface area contributed by atoms with Crippen molar-refractivity contribution in [2.75, 3.05) is 11.4 Å². The number of fused-ring (bicyclic) bond motifs is 1. The van der Waals surface area contributed by atoms with Crippen molar-refractivity contribution < 1.29 is 18.4 Å². The zero-order valence-corrected chi connectivity index (χ0v) is 18.1. The van der Waals surface area contributed by atoms with Crippen molar-refractivity contribution in [2.24, 2.45) is 0 Å². The minimum Gasteiger partial charge on any atom is -0.348 e. The number of aromatic nitrogens is 2. The van der Waals surface area contributed by atoms with Gasteiger partial charge in [-0.05, 0) is 67.0 Å². The van der Waals surface area contributed by atoms with Gasteiger partial charge in [-0.15, -0.1) is 0 Å². The van der Waals surface area contributed by atoms with E-state index in [2.05, 4.69) is 15.3 Å². The summed E-state index contributed by atoms with van der Waals surface area (Å²) in [4.78, 5) is 34.6. The summed E-state index contributed by atoms with van der Waals surface area (Å²) in [6.07, 6.45) is 5.69. The molecule has 33 heavy (non-hydrogen) atoms. The van der Waals surface area contributed by atoms with Gasteiger partial charge in [0, 0.05) is 30.4 Å². The highest BCUT2D eigenvalue weighted by atomic mass is 19.1. The summed E-state index contributed by atoms with van der Waals surface area (Å²) in [7, 11) is 0. The molecule has 2 aromatic heterocycles. The molecule has 0 spiro atoms. The smallest absolute Gasteiger partial charge is 0.270 e. The normalized spacial score (nSPS) is 15.4. The fourth-order valence-corrected chi connectivity index (χ4v) is 4.07. The Labute approximate surface area is 189 Å². The lowest BCUT2D eigenvalue weighted by molar-refractivity contribution is 0.0944. The Kier molecular flexibility index (Phi) is 5.36. The van der Waals surface area contributed by atoms with Crippen LogP contribution < -0.4 is 10.2 Å². The third kappa shape index (κ3) is 4.33. The van der Waals surface area contributed by atoms with Crippen LogP contribution in [0.4, 0.5) is 14.6 Å². The lowest BCUT2D eigenvalue weighted by Gasteiger charge is -2.29. The summed E-state index contributed by atoms with van der Waals surface area (Å²) in [6.45, 7) is 2.26. The maximum atomic E-state index is 14.2. The molecule has 1 saturated carbocycles. The Hall–Kier alpha value is -3.68. The van der Waals surface area contributed by atoms with Crippen LogP contribution in [0, 0.1) is 18.6 Å². The maximum Gasteiger partial charge on any atom is 0.270 e. The number of nitrogens with zero attached hydrogens (tertiary/aromatic N) is 3. The fourth-order valence-electron chi connectivity index (χ4n) is 4.07. The van der Waals surface area contributed by atoms with Crippen LogP contribution in [0.15, 0.2) is 42.7 Å². The van der Waals surface area contributed by atoms with Gasteiger partial charge < -0.3 is 5.32 Å². The van der Waals surface area contributed by atoms with Gasteiger partial charge in [0.1, 0.15) is 11.5 Å². The molecule has 168 valence electrons. The molecule has 2 aliphatic rings. The van der Waals surface area contributed by atoms with E-state index in [0.29, 0.717) is 24.1 Å². The van der Waals surface area contributed by atoms with Crippen LogP contribution in [-0.4, -0.2) is 34.4 Å². The fraction of sp³-hybridized carbons (Fsp3) is 0.280. The standard InChI is InChI=1S/C25H22F2N4O2/c1-14-8-16-6-7-31(23-21(27)11-18(26)13-29-23)25(33)20(16)10-17(14)9-15-2-5-22(28-12-15)24(32)30-19-3-4-19/h2,5,8,10-13,19H,3-4,6-7,9H2,1H3,(H,30,32). The Balaban J connectivity index is 1.38. The first kappa shape index (κ1) is 21.2. The van der Waals surface area contributed by atoms with Gasteiger partial charge in [0.25, 0.3) is 11.8 Å². The minimum atomic E-state index is -0.865. The van der Waals surface area contributed by atoms with E-state index in [1.165, 1.54) is 4.90 Å². The minimum absolute atomic E-state index is 0.165. The van der Waals surface area contributed by atoms with E-state index < -0.39 is 11.6 Å². The number of aryl methyl sites for hydroxylation is 1. The highest BCUT2D eigenvalue weighted by molar-refractivity contribution is 6.08. The molecule has 1 aliphatic carbocycles. The third-order valence-corrected chi connectivity index (χ3v) is 6.05. The molecular weight excluding hydrogens is 426 g/mol. The van der Waals surface area contributed by atoms with Crippen molar-refractivity contribution in [2.45, 2.75) is 38.6 Å². The van der Waals surface area contributed by atoms with Gasteiger partial charge in [0.05, 0.1) is 6.20 Å². The first-order valence-electron chi connectivity index (χ1n) is 10.9. The van der Waals surface area contributed by atoms with E-state index in [0.717, 1.165) is 47.4 Å². The van der Waals surface area contributed by atoms with Gasteiger partial charge in [0.2, 0.25) is 0 Å². The average Bonchev–Trinajstić information content (AvgIpc) is 3.60. The van der Waals surface area contributed by atoms with Crippen molar-refractivity contribution in [3.63, 3.8) is 0 Å². The van der Waals surface area contributed by atoms with Crippen molar-refractivity contribution >= 4 is 17.6 Å². The van der Waals surface area contributed by atoms with Gasteiger partial charge >= 0.3 is 0 Å². The first-order valence-corrected chi connectivity index (χ1v) is 10.9. The van der Waals surface area contributed by atoms with Crippen LogP contribution in [0.2, 0.25) is 0 Å². The second-order valence-electron chi connectivity index (χ2n) is 8.58. The van der Waals surface area contributed by atoms with Crippen LogP contribution >= 0.6 is 0 Å². The maximum absolute atomic E-state index is 14.2. The van der Waals surface area contributed by atoms with E-state index in [9.17, 15) is 18.4 Å². The van der Waals surface area contributed by atoms with E-state index in [4.69, 9.17) is 0 Å². The third-order valence-electron chi connectivity index (χ3n) is 6.05. The number of nitrogens with one attached hydrogen (secondary N) is 1. The van der Waals surface area contributed by atoms with Gasteiger partial charge in [-0.3, -0.25) is 19.5 Å². The molecule has 0 bridgehead atoms. The SMILES string of the molecule is Cc1cc2c(cc1Cc1ccc(C(=O)NC3CC3)nc1)C(=O)N(c1ncc(F)cc1F)CC2. The molecule has 1 aliphatic heterocycles.